The van der Waals surface area contributed by atoms with E-state index in [1.807, 2.05) is 6.07 Å². The Hall–Kier alpha value is -1.22. The van der Waals surface area contributed by atoms with E-state index in [0.29, 0.717) is 19.3 Å². The highest BCUT2D eigenvalue weighted by Crippen LogP contribution is 2.33. The Balaban J connectivity index is 1.59. The molecular weight excluding hydrogens is 226 g/mol. The van der Waals surface area contributed by atoms with Crippen LogP contribution in [0.3, 0.4) is 0 Å². The zero-order chi connectivity index (χ0) is 12.4. The van der Waals surface area contributed by atoms with E-state index in [2.05, 4.69) is 24.4 Å². The fourth-order valence-electron chi connectivity index (χ4n) is 2.36. The second-order valence-electron chi connectivity index (χ2n) is 5.31. The van der Waals surface area contributed by atoms with Gasteiger partial charge in [0.15, 0.2) is 11.5 Å². The fourth-order valence-corrected chi connectivity index (χ4v) is 2.36. The van der Waals surface area contributed by atoms with Crippen molar-refractivity contribution in [2.45, 2.75) is 32.2 Å². The van der Waals surface area contributed by atoms with Gasteiger partial charge in [0.2, 0.25) is 0 Å². The summed E-state index contributed by atoms with van der Waals surface area (Å²) in [5.41, 5.74) is 1.27. The number of hydrogen-bond acceptors (Lipinski definition) is 3. The molecule has 1 N–H and O–H groups in total. The minimum atomic E-state index is 0.375. The van der Waals surface area contributed by atoms with Crippen molar-refractivity contribution >= 4 is 0 Å². The van der Waals surface area contributed by atoms with Crippen molar-refractivity contribution in [3.8, 4) is 11.5 Å². The maximum atomic E-state index is 5.61. The molecule has 1 atom stereocenters. The molecule has 1 aliphatic carbocycles. The van der Waals surface area contributed by atoms with Gasteiger partial charge in [-0.1, -0.05) is 18.9 Å². The van der Waals surface area contributed by atoms with Gasteiger partial charge < -0.3 is 14.8 Å². The lowest BCUT2D eigenvalue weighted by molar-refractivity contribution is 0.171. The van der Waals surface area contributed by atoms with Crippen LogP contribution < -0.4 is 14.8 Å². The summed E-state index contributed by atoms with van der Waals surface area (Å²) < 4.78 is 11.1. The summed E-state index contributed by atoms with van der Waals surface area (Å²) in [4.78, 5) is 0. The number of rotatable bonds is 5. The molecule has 18 heavy (non-hydrogen) atoms. The lowest BCUT2D eigenvalue weighted by Gasteiger charge is -2.21. The van der Waals surface area contributed by atoms with Crippen molar-refractivity contribution in [3.05, 3.63) is 23.8 Å². The zero-order valence-electron chi connectivity index (χ0n) is 10.9. The van der Waals surface area contributed by atoms with E-state index in [-0.39, 0.29) is 0 Å². The van der Waals surface area contributed by atoms with Gasteiger partial charge in [-0.25, -0.2) is 0 Å². The molecule has 3 rings (SSSR count). The number of hydrogen-bond donors (Lipinski definition) is 1. The van der Waals surface area contributed by atoms with Gasteiger partial charge in [-0.15, -0.1) is 0 Å². The van der Waals surface area contributed by atoms with Gasteiger partial charge in [-0.2, -0.15) is 0 Å². The first-order valence-electron chi connectivity index (χ1n) is 6.96. The molecule has 1 heterocycles. The number of fused-ring (bicyclic) bond motifs is 1. The number of ether oxygens (including phenoxy) is 2. The first-order valence-corrected chi connectivity index (χ1v) is 6.96. The SMILES string of the molecule is CC(NCCC1CC1)c1ccc2c(c1)OCCO2. The molecule has 1 fully saturated rings. The number of nitrogens with one attached hydrogen (secondary N) is 1. The summed E-state index contributed by atoms with van der Waals surface area (Å²) in [5.74, 6) is 2.75. The minimum absolute atomic E-state index is 0.375. The third-order valence-corrected chi connectivity index (χ3v) is 3.77. The van der Waals surface area contributed by atoms with Gasteiger partial charge in [0.25, 0.3) is 0 Å². The Labute approximate surface area is 108 Å². The highest BCUT2D eigenvalue weighted by atomic mass is 16.6. The predicted molar refractivity (Wildman–Crippen MR) is 71.2 cm³/mol. The molecule has 0 bridgehead atoms. The summed E-state index contributed by atoms with van der Waals surface area (Å²) in [6.45, 7) is 4.63. The summed E-state index contributed by atoms with van der Waals surface area (Å²) >= 11 is 0. The predicted octanol–water partition coefficient (Wildman–Crippen LogP) is 2.91. The Kier molecular flexibility index (Phi) is 3.41. The molecule has 0 radical (unpaired) electrons. The molecule has 3 nitrogen and oxygen atoms in total. The Morgan fingerprint density at radius 3 is 2.78 bits per heavy atom. The molecular formula is C15H21NO2. The first-order chi connectivity index (χ1) is 8.83. The maximum Gasteiger partial charge on any atom is 0.161 e. The third-order valence-electron chi connectivity index (χ3n) is 3.77. The van der Waals surface area contributed by atoms with Crippen molar-refractivity contribution in [2.75, 3.05) is 19.8 Å². The Morgan fingerprint density at radius 2 is 2.00 bits per heavy atom. The van der Waals surface area contributed by atoms with Crippen LogP contribution in [0.5, 0.6) is 11.5 Å². The smallest absolute Gasteiger partial charge is 0.161 e. The van der Waals surface area contributed by atoms with Crippen LogP contribution in [-0.4, -0.2) is 19.8 Å². The van der Waals surface area contributed by atoms with Crippen LogP contribution in [-0.2, 0) is 0 Å². The van der Waals surface area contributed by atoms with E-state index in [1.165, 1.54) is 24.8 Å². The van der Waals surface area contributed by atoms with Gasteiger partial charge >= 0.3 is 0 Å². The maximum absolute atomic E-state index is 5.61. The van der Waals surface area contributed by atoms with Crippen LogP contribution in [0.1, 0.15) is 37.8 Å². The van der Waals surface area contributed by atoms with Crippen LogP contribution in [0.15, 0.2) is 18.2 Å². The molecule has 0 aromatic heterocycles. The lowest BCUT2D eigenvalue weighted by atomic mass is 10.1. The molecule has 98 valence electrons. The minimum Gasteiger partial charge on any atom is -0.486 e. The third kappa shape index (κ3) is 2.78. The van der Waals surface area contributed by atoms with Crippen molar-refractivity contribution in [2.24, 2.45) is 5.92 Å². The molecule has 1 aliphatic heterocycles. The molecule has 1 unspecified atom stereocenters. The lowest BCUT2D eigenvalue weighted by Crippen LogP contribution is -2.21. The quantitative estimate of drug-likeness (QED) is 0.868. The van der Waals surface area contributed by atoms with E-state index in [9.17, 15) is 0 Å². The van der Waals surface area contributed by atoms with Crippen LogP contribution >= 0.6 is 0 Å². The number of benzene rings is 1. The van der Waals surface area contributed by atoms with Crippen LogP contribution in [0.2, 0.25) is 0 Å². The van der Waals surface area contributed by atoms with Crippen LogP contribution in [0, 0.1) is 5.92 Å². The van der Waals surface area contributed by atoms with Crippen molar-refractivity contribution in [3.63, 3.8) is 0 Å². The van der Waals surface area contributed by atoms with Gasteiger partial charge in [0, 0.05) is 6.04 Å². The van der Waals surface area contributed by atoms with E-state index >= 15 is 0 Å². The summed E-state index contributed by atoms with van der Waals surface area (Å²) in [6.07, 6.45) is 4.18. The van der Waals surface area contributed by atoms with Crippen molar-refractivity contribution < 1.29 is 9.47 Å². The second kappa shape index (κ2) is 5.19. The monoisotopic (exact) mass is 247 g/mol. The van der Waals surface area contributed by atoms with Crippen LogP contribution in [0.25, 0.3) is 0 Å². The highest BCUT2D eigenvalue weighted by molar-refractivity contribution is 5.44. The van der Waals surface area contributed by atoms with Gasteiger partial charge in [0.1, 0.15) is 13.2 Å². The molecule has 0 amide bonds. The average Bonchev–Trinajstić information content (AvgIpc) is 3.22. The summed E-state index contributed by atoms with van der Waals surface area (Å²) in [5, 5.41) is 3.58. The van der Waals surface area contributed by atoms with Gasteiger partial charge in [-0.3, -0.25) is 0 Å². The fraction of sp³-hybridized carbons (Fsp3) is 0.600. The molecule has 3 heteroatoms. The normalized spacial score (nSPS) is 19.6. The Bertz CT molecular complexity index is 415. The van der Waals surface area contributed by atoms with Gasteiger partial charge in [-0.05, 0) is 43.5 Å². The van der Waals surface area contributed by atoms with E-state index in [0.717, 1.165) is 24.0 Å². The molecule has 0 spiro atoms. The highest BCUT2D eigenvalue weighted by Gasteiger charge is 2.20. The molecule has 1 aromatic rings. The van der Waals surface area contributed by atoms with Crippen molar-refractivity contribution in [1.82, 2.24) is 5.32 Å². The zero-order valence-corrected chi connectivity index (χ0v) is 10.9. The van der Waals surface area contributed by atoms with E-state index < -0.39 is 0 Å². The second-order valence-corrected chi connectivity index (χ2v) is 5.31. The molecule has 1 aromatic carbocycles. The van der Waals surface area contributed by atoms with Crippen molar-refractivity contribution in [1.29, 1.82) is 0 Å². The first kappa shape index (κ1) is 11.8. The molecule has 2 aliphatic rings. The standard InChI is InChI=1S/C15H21NO2/c1-11(16-7-6-12-2-3-12)13-4-5-14-15(10-13)18-9-8-17-14/h4-5,10-12,16H,2-3,6-9H2,1H3. The molecule has 1 saturated carbocycles. The summed E-state index contributed by atoms with van der Waals surface area (Å²) in [7, 11) is 0. The molecule has 0 saturated heterocycles. The van der Waals surface area contributed by atoms with Crippen LogP contribution in [0.4, 0.5) is 0 Å². The Morgan fingerprint density at radius 1 is 1.22 bits per heavy atom. The van der Waals surface area contributed by atoms with Gasteiger partial charge in [0.05, 0.1) is 0 Å². The van der Waals surface area contributed by atoms with E-state index in [1.54, 1.807) is 0 Å². The summed E-state index contributed by atoms with van der Waals surface area (Å²) in [6, 6.07) is 6.62. The van der Waals surface area contributed by atoms with E-state index in [4.69, 9.17) is 9.47 Å². The average molecular weight is 247 g/mol. The largest absolute Gasteiger partial charge is 0.486 e. The topological polar surface area (TPSA) is 30.5 Å².